The lowest BCUT2D eigenvalue weighted by Gasteiger charge is -2.41. The Labute approximate surface area is 222 Å². The summed E-state index contributed by atoms with van der Waals surface area (Å²) in [5.41, 5.74) is 16.9. The van der Waals surface area contributed by atoms with Crippen molar-refractivity contribution in [3.05, 3.63) is 60.4 Å². The lowest BCUT2D eigenvalue weighted by molar-refractivity contribution is 0.0815. The van der Waals surface area contributed by atoms with E-state index in [1.807, 2.05) is 12.1 Å². The Morgan fingerprint density at radius 3 is 2.03 bits per heavy atom. The van der Waals surface area contributed by atoms with Gasteiger partial charge in [-0.1, -0.05) is 36.4 Å². The molecule has 4 aromatic rings. The highest BCUT2D eigenvalue weighted by molar-refractivity contribution is 5.98. The molecule has 1 amide bonds. The fourth-order valence-electron chi connectivity index (χ4n) is 5.95. The predicted molar refractivity (Wildman–Crippen MR) is 149 cm³/mol. The van der Waals surface area contributed by atoms with E-state index in [9.17, 15) is 4.79 Å². The molecule has 2 fully saturated rings. The van der Waals surface area contributed by atoms with Crippen LogP contribution in [-0.4, -0.2) is 74.7 Å². The van der Waals surface area contributed by atoms with Gasteiger partial charge in [0.05, 0.1) is 11.4 Å². The first-order chi connectivity index (χ1) is 18.5. The van der Waals surface area contributed by atoms with Crippen LogP contribution < -0.4 is 11.5 Å². The average Bonchev–Trinajstić information content (AvgIpc) is 3.35. The van der Waals surface area contributed by atoms with E-state index in [1.54, 1.807) is 12.1 Å². The largest absolute Gasteiger partial charge is 0.383 e. The molecule has 0 atom stereocenters. The normalized spacial score (nSPS) is 21.1. The number of likely N-dealkylation sites (N-methyl/N-ethyl adjacent to an activating group) is 1. The fourth-order valence-corrected chi connectivity index (χ4v) is 5.95. The van der Waals surface area contributed by atoms with Gasteiger partial charge in [0.2, 0.25) is 5.91 Å². The molecular weight excluding hydrogens is 476 g/mol. The van der Waals surface area contributed by atoms with Crippen molar-refractivity contribution in [2.24, 2.45) is 5.73 Å². The molecule has 196 valence electrons. The molecule has 0 spiro atoms. The molecular formula is C29H34N8O. The molecule has 4 N–H and O–H groups in total. The van der Waals surface area contributed by atoms with Crippen LogP contribution >= 0.6 is 0 Å². The van der Waals surface area contributed by atoms with Crippen molar-refractivity contribution in [1.29, 1.82) is 0 Å². The third-order valence-corrected chi connectivity index (χ3v) is 8.25. The van der Waals surface area contributed by atoms with E-state index < -0.39 is 5.91 Å². The van der Waals surface area contributed by atoms with E-state index in [4.69, 9.17) is 16.6 Å². The Hall–Kier alpha value is -3.82. The molecule has 0 bridgehead atoms. The molecule has 1 aliphatic heterocycles. The molecule has 2 aliphatic rings. The number of anilines is 1. The number of carbonyl (C=O) groups is 1. The van der Waals surface area contributed by atoms with Gasteiger partial charge in [-0.05, 0) is 56.0 Å². The summed E-state index contributed by atoms with van der Waals surface area (Å²) in [4.78, 5) is 25.4. The highest BCUT2D eigenvalue weighted by Crippen LogP contribution is 2.37. The second kappa shape index (κ2) is 10.2. The van der Waals surface area contributed by atoms with Crippen LogP contribution in [0.4, 0.5) is 5.82 Å². The number of aromatic nitrogens is 4. The fraction of sp³-hybridized carbons (Fsp3) is 0.379. The molecule has 2 aromatic carbocycles. The summed E-state index contributed by atoms with van der Waals surface area (Å²) in [5, 5.41) is 5.90. The molecule has 6 rings (SSSR count). The molecule has 3 heterocycles. The zero-order valence-electron chi connectivity index (χ0n) is 21.8. The number of nitrogens with zero attached hydrogens (tertiary/aromatic N) is 6. The lowest BCUT2D eigenvalue weighted by atomic mass is 9.90. The number of hydrogen-bond acceptors (Lipinski definition) is 7. The number of piperazine rings is 1. The summed E-state index contributed by atoms with van der Waals surface area (Å²) in [6.45, 7) is 4.63. The third kappa shape index (κ3) is 4.63. The van der Waals surface area contributed by atoms with E-state index in [-0.39, 0.29) is 0 Å². The van der Waals surface area contributed by atoms with Gasteiger partial charge in [0, 0.05) is 43.3 Å². The number of primary amides is 1. The molecule has 9 nitrogen and oxygen atoms in total. The number of nitrogens with two attached hydrogens (primary N) is 2. The first-order valence-electron chi connectivity index (χ1n) is 13.4. The van der Waals surface area contributed by atoms with Gasteiger partial charge in [0.25, 0.3) is 0 Å². The van der Waals surface area contributed by atoms with Gasteiger partial charge in [-0.25, -0.2) is 14.6 Å². The Kier molecular flexibility index (Phi) is 6.55. The first kappa shape index (κ1) is 24.5. The molecule has 2 aromatic heterocycles. The minimum absolute atomic E-state index is 0.298. The minimum atomic E-state index is -0.429. The minimum Gasteiger partial charge on any atom is -0.383 e. The van der Waals surface area contributed by atoms with Crippen molar-refractivity contribution in [3.63, 3.8) is 0 Å². The van der Waals surface area contributed by atoms with Crippen molar-refractivity contribution in [2.45, 2.75) is 37.8 Å². The number of nitrogen functional groups attached to an aromatic ring is 1. The van der Waals surface area contributed by atoms with Gasteiger partial charge in [0.1, 0.15) is 17.8 Å². The van der Waals surface area contributed by atoms with E-state index in [1.165, 1.54) is 19.2 Å². The topological polar surface area (TPSA) is 119 Å². The summed E-state index contributed by atoms with van der Waals surface area (Å²) >= 11 is 0. The zero-order valence-corrected chi connectivity index (χ0v) is 21.8. The van der Waals surface area contributed by atoms with Gasteiger partial charge < -0.3 is 16.4 Å². The molecule has 9 heteroatoms. The van der Waals surface area contributed by atoms with Gasteiger partial charge >= 0.3 is 0 Å². The van der Waals surface area contributed by atoms with Crippen LogP contribution in [0.25, 0.3) is 33.4 Å². The summed E-state index contributed by atoms with van der Waals surface area (Å²) in [5.74, 6) is 0.0236. The average molecular weight is 511 g/mol. The number of fused-ring (bicyclic) bond motifs is 1. The summed E-state index contributed by atoms with van der Waals surface area (Å²) in [6.07, 6.45) is 6.05. The standard InChI is InChI=1S/C29H34N8O/c1-35-14-16-36(17-15-35)23-10-12-24(13-11-23)37-29-25(27(30)32-18-33-29)26(34-37)21-6-2-19(3-7-21)20-4-8-22(9-5-20)28(31)38/h2-9,18,23-24H,10-17H2,1H3,(H2,31,38)(H2,30,32,33). The van der Waals surface area contributed by atoms with E-state index in [0.717, 1.165) is 72.4 Å². The molecule has 38 heavy (non-hydrogen) atoms. The number of rotatable bonds is 5. The molecule has 1 saturated heterocycles. The highest BCUT2D eigenvalue weighted by Gasteiger charge is 2.30. The van der Waals surface area contributed by atoms with Crippen molar-refractivity contribution in [3.8, 4) is 22.4 Å². The Balaban J connectivity index is 1.25. The van der Waals surface area contributed by atoms with Crippen molar-refractivity contribution < 1.29 is 4.79 Å². The predicted octanol–water partition coefficient (Wildman–Crippen LogP) is 3.57. The number of amides is 1. The van der Waals surface area contributed by atoms with Crippen LogP contribution in [0.3, 0.4) is 0 Å². The smallest absolute Gasteiger partial charge is 0.248 e. The van der Waals surface area contributed by atoms with E-state index in [0.29, 0.717) is 23.5 Å². The Morgan fingerprint density at radius 1 is 0.816 bits per heavy atom. The van der Waals surface area contributed by atoms with Crippen LogP contribution in [0.5, 0.6) is 0 Å². The number of benzene rings is 2. The monoisotopic (exact) mass is 510 g/mol. The van der Waals surface area contributed by atoms with Crippen LogP contribution in [0.15, 0.2) is 54.9 Å². The zero-order chi connectivity index (χ0) is 26.2. The quantitative estimate of drug-likeness (QED) is 0.421. The Bertz CT molecular complexity index is 1430. The summed E-state index contributed by atoms with van der Waals surface area (Å²) in [7, 11) is 2.21. The first-order valence-corrected chi connectivity index (χ1v) is 13.4. The van der Waals surface area contributed by atoms with Gasteiger partial charge in [0.15, 0.2) is 5.65 Å². The maximum Gasteiger partial charge on any atom is 0.248 e. The summed E-state index contributed by atoms with van der Waals surface area (Å²) < 4.78 is 2.10. The maximum atomic E-state index is 11.4. The second-order valence-electron chi connectivity index (χ2n) is 10.6. The third-order valence-electron chi connectivity index (χ3n) is 8.25. The molecule has 0 radical (unpaired) electrons. The van der Waals surface area contributed by atoms with Crippen molar-refractivity contribution in [2.75, 3.05) is 39.0 Å². The molecule has 1 aliphatic carbocycles. The van der Waals surface area contributed by atoms with Gasteiger partial charge in [-0.15, -0.1) is 0 Å². The SMILES string of the molecule is CN1CCN(C2CCC(n3nc(-c4ccc(-c5ccc(C(N)=O)cc5)cc4)c4c(N)ncnc43)CC2)CC1. The number of hydrogen-bond donors (Lipinski definition) is 2. The number of carbonyl (C=O) groups excluding carboxylic acids is 1. The van der Waals surface area contributed by atoms with Crippen LogP contribution in [-0.2, 0) is 0 Å². The highest BCUT2D eigenvalue weighted by atomic mass is 16.1. The van der Waals surface area contributed by atoms with Crippen LogP contribution in [0.1, 0.15) is 42.1 Å². The Morgan fingerprint density at radius 2 is 1.39 bits per heavy atom. The maximum absolute atomic E-state index is 11.4. The van der Waals surface area contributed by atoms with Crippen molar-refractivity contribution >= 4 is 22.8 Å². The van der Waals surface area contributed by atoms with Gasteiger partial charge in [-0.2, -0.15) is 5.10 Å². The molecule has 1 saturated carbocycles. The van der Waals surface area contributed by atoms with Gasteiger partial charge in [-0.3, -0.25) is 9.69 Å². The van der Waals surface area contributed by atoms with Crippen LogP contribution in [0, 0.1) is 0 Å². The summed E-state index contributed by atoms with van der Waals surface area (Å²) in [6, 6.07) is 16.5. The van der Waals surface area contributed by atoms with Crippen LogP contribution in [0.2, 0.25) is 0 Å². The second-order valence-corrected chi connectivity index (χ2v) is 10.6. The molecule has 0 unspecified atom stereocenters. The van der Waals surface area contributed by atoms with Crippen molar-refractivity contribution in [1.82, 2.24) is 29.5 Å². The lowest BCUT2D eigenvalue weighted by Crippen LogP contribution is -2.49. The van der Waals surface area contributed by atoms with E-state index in [2.05, 4.69) is 55.8 Å². The van der Waals surface area contributed by atoms with E-state index >= 15 is 0 Å².